The Balaban J connectivity index is 0.000000302. The minimum atomic E-state index is -0.477. The number of carbonyl (C=O) groups excluding carboxylic acids is 3. The van der Waals surface area contributed by atoms with Gasteiger partial charge in [-0.25, -0.2) is 4.98 Å². The van der Waals surface area contributed by atoms with E-state index in [-0.39, 0.29) is 66.1 Å². The summed E-state index contributed by atoms with van der Waals surface area (Å²) in [6, 6.07) is 11.4. The van der Waals surface area contributed by atoms with E-state index in [0.29, 0.717) is 31.0 Å². The number of Topliss-reactive ketones (excluding diaryl/α,β-unsaturated/α-hetero) is 2. The predicted molar refractivity (Wildman–Crippen MR) is 182 cm³/mol. The Bertz CT molecular complexity index is 1520. The minimum Gasteiger partial charge on any atom is -0.342 e. The van der Waals surface area contributed by atoms with Crippen LogP contribution in [-0.2, 0) is 31.6 Å². The number of nitrogens with zero attached hydrogens (tertiary/aromatic N) is 2. The number of hydrogen-bond acceptors (Lipinski definition) is 6. The van der Waals surface area contributed by atoms with Crippen LogP contribution >= 0.6 is 12.4 Å². The highest BCUT2D eigenvalue weighted by Crippen LogP contribution is 2.33. The molecule has 2 aromatic carbocycles. The van der Waals surface area contributed by atoms with Gasteiger partial charge in [-0.3, -0.25) is 24.5 Å². The largest absolute Gasteiger partial charge is 0.342 e. The molecule has 2 saturated carbocycles. The molecule has 0 aliphatic heterocycles. The van der Waals surface area contributed by atoms with Crippen LogP contribution in [0.4, 0.5) is 11.4 Å². The number of rotatable bonds is 8. The Hall–Kier alpha value is -3.59. The van der Waals surface area contributed by atoms with Gasteiger partial charge in [-0.1, -0.05) is 61.1 Å². The number of H-pyrrole nitrogens is 1. The zero-order chi connectivity index (χ0) is 31.5. The molecule has 1 heterocycles. The summed E-state index contributed by atoms with van der Waals surface area (Å²) in [6.45, 7) is 12.6. The molecular formula is C35H49ClN4O5. The summed E-state index contributed by atoms with van der Waals surface area (Å²) in [5.74, 6) is 2.31. The minimum absolute atomic E-state index is 0. The smallest absolute Gasteiger partial charge is 0.293 e. The third kappa shape index (κ3) is 10.2. The van der Waals surface area contributed by atoms with Crippen molar-refractivity contribution in [3.63, 3.8) is 0 Å². The predicted octanol–water partition coefficient (Wildman–Crippen LogP) is 8.42. The molecule has 0 saturated heterocycles. The van der Waals surface area contributed by atoms with Crippen molar-refractivity contribution in [1.29, 1.82) is 0 Å². The molecule has 0 spiro atoms. The summed E-state index contributed by atoms with van der Waals surface area (Å²) in [7, 11) is 0. The fourth-order valence-corrected chi connectivity index (χ4v) is 5.37. The molecule has 2 aliphatic rings. The molecule has 9 nitrogen and oxygen atoms in total. The first kappa shape index (κ1) is 37.6. The van der Waals surface area contributed by atoms with Crippen LogP contribution < -0.4 is 5.32 Å². The number of anilines is 1. The van der Waals surface area contributed by atoms with E-state index in [1.807, 2.05) is 20.8 Å². The van der Waals surface area contributed by atoms with E-state index in [0.717, 1.165) is 48.1 Å². The van der Waals surface area contributed by atoms with Crippen molar-refractivity contribution in [3.05, 3.63) is 63.5 Å². The number of aromatic amines is 1. The third-order valence-corrected chi connectivity index (χ3v) is 8.37. The van der Waals surface area contributed by atoms with Gasteiger partial charge in [0, 0.05) is 44.6 Å². The van der Waals surface area contributed by atoms with Crippen molar-refractivity contribution in [3.8, 4) is 0 Å². The summed E-state index contributed by atoms with van der Waals surface area (Å²) in [4.78, 5) is 52.7. The Kier molecular flexibility index (Phi) is 12.6. The normalized spacial score (nSPS) is 15.2. The van der Waals surface area contributed by atoms with E-state index in [4.69, 9.17) is 0 Å². The highest BCUT2D eigenvalue weighted by atomic mass is 35.5. The number of imidazole rings is 1. The molecule has 10 heteroatoms. The number of hydrogen-bond donors (Lipinski definition) is 2. The van der Waals surface area contributed by atoms with Crippen molar-refractivity contribution >= 4 is 52.3 Å². The molecule has 0 atom stereocenters. The van der Waals surface area contributed by atoms with E-state index in [9.17, 15) is 24.5 Å². The zero-order valence-electron chi connectivity index (χ0n) is 26.6. The molecule has 5 rings (SSSR count). The Morgan fingerprint density at radius 3 is 1.98 bits per heavy atom. The van der Waals surface area contributed by atoms with Crippen molar-refractivity contribution in [1.82, 2.24) is 9.97 Å². The number of nitro benzene ring substituents is 1. The second-order valence-electron chi connectivity index (χ2n) is 14.2. The van der Waals surface area contributed by atoms with Crippen LogP contribution in [0.15, 0.2) is 36.4 Å². The van der Waals surface area contributed by atoms with Crippen molar-refractivity contribution in [2.45, 2.75) is 111 Å². The number of nitro groups is 1. The molecule has 1 amide bonds. The van der Waals surface area contributed by atoms with E-state index in [1.165, 1.54) is 11.6 Å². The Labute approximate surface area is 272 Å². The molecule has 2 fully saturated rings. The van der Waals surface area contributed by atoms with Gasteiger partial charge in [0.2, 0.25) is 5.91 Å². The lowest BCUT2D eigenvalue weighted by Gasteiger charge is -2.23. The number of nitrogens with one attached hydrogen (secondary N) is 2. The number of carbonyl (C=O) groups is 3. The molecule has 0 unspecified atom stereocenters. The SMILES string of the molecule is C.CC(C)(C)c1ccc(NC(=O)CCC2CC(=O)C2)c([N+](=O)[O-])c1.CC(C)(C)c1ccc2nc(CCC3CC(=O)C3)[nH]c2c1.Cl. The highest BCUT2D eigenvalue weighted by Gasteiger charge is 2.28. The monoisotopic (exact) mass is 640 g/mol. The van der Waals surface area contributed by atoms with Gasteiger partial charge in [-0.05, 0) is 64.8 Å². The standard InChI is InChI=1S/C17H22N2O4.C17H22N2O.CH4.ClH/c1-17(2,3)12-5-6-14(15(10-12)19(22)23)18-16(21)7-4-11-8-13(20)9-11;1-17(2,3)12-5-6-14-15(10-12)19-16(18-14)7-4-11-8-13(20)9-11;;/h5-6,10-11H,4,7-9H2,1-3H3,(H,18,21);5-6,10-11H,4,7-9H2,1-3H3,(H,18,19);1H4;1H. The summed E-state index contributed by atoms with van der Waals surface area (Å²) in [5, 5.41) is 13.9. The molecule has 2 aliphatic carbocycles. The number of ketones is 2. The average molecular weight is 641 g/mol. The highest BCUT2D eigenvalue weighted by molar-refractivity contribution is 5.93. The summed E-state index contributed by atoms with van der Waals surface area (Å²) >= 11 is 0. The molecule has 45 heavy (non-hydrogen) atoms. The number of fused-ring (bicyclic) bond motifs is 1. The maximum atomic E-state index is 12.0. The molecule has 2 N–H and O–H groups in total. The second-order valence-corrected chi connectivity index (χ2v) is 14.2. The van der Waals surface area contributed by atoms with Crippen molar-refractivity contribution in [2.75, 3.05) is 5.32 Å². The maximum absolute atomic E-state index is 12.0. The van der Waals surface area contributed by atoms with Crippen LogP contribution in [0, 0.1) is 22.0 Å². The molecular weight excluding hydrogens is 592 g/mol. The third-order valence-electron chi connectivity index (χ3n) is 8.37. The van der Waals surface area contributed by atoms with Gasteiger partial charge in [0.05, 0.1) is 16.0 Å². The van der Waals surface area contributed by atoms with E-state index in [1.54, 1.807) is 12.1 Å². The number of benzene rings is 2. The lowest BCUT2D eigenvalue weighted by Crippen LogP contribution is -2.24. The van der Waals surface area contributed by atoms with Gasteiger partial charge < -0.3 is 10.3 Å². The topological polar surface area (TPSA) is 135 Å². The summed E-state index contributed by atoms with van der Waals surface area (Å²) in [6.07, 6.45) is 5.57. The Morgan fingerprint density at radius 1 is 0.911 bits per heavy atom. The first-order valence-corrected chi connectivity index (χ1v) is 15.2. The average Bonchev–Trinajstić information content (AvgIpc) is 3.29. The molecule has 0 bridgehead atoms. The number of amides is 1. The molecule has 0 radical (unpaired) electrons. The molecule has 3 aromatic rings. The van der Waals surface area contributed by atoms with Gasteiger partial charge >= 0.3 is 0 Å². The first-order valence-electron chi connectivity index (χ1n) is 15.2. The van der Waals surface area contributed by atoms with Gasteiger partial charge in [-0.2, -0.15) is 0 Å². The fraction of sp³-hybridized carbons (Fsp3) is 0.543. The van der Waals surface area contributed by atoms with E-state index >= 15 is 0 Å². The summed E-state index contributed by atoms with van der Waals surface area (Å²) in [5.41, 5.74) is 4.41. The van der Waals surface area contributed by atoms with Crippen LogP contribution in [-0.4, -0.2) is 32.4 Å². The van der Waals surface area contributed by atoms with Crippen molar-refractivity contribution in [2.24, 2.45) is 11.8 Å². The van der Waals surface area contributed by atoms with Crippen LogP contribution in [0.2, 0.25) is 0 Å². The molecule has 1 aromatic heterocycles. The maximum Gasteiger partial charge on any atom is 0.293 e. The zero-order valence-corrected chi connectivity index (χ0v) is 27.4. The number of aromatic nitrogens is 2. The number of aryl methyl sites for hydroxylation is 1. The van der Waals surface area contributed by atoms with Crippen LogP contribution in [0.3, 0.4) is 0 Å². The molecule has 246 valence electrons. The second kappa shape index (κ2) is 15.1. The van der Waals surface area contributed by atoms with Crippen LogP contribution in [0.25, 0.3) is 11.0 Å². The lowest BCUT2D eigenvalue weighted by molar-refractivity contribution is -0.384. The van der Waals surface area contributed by atoms with Crippen molar-refractivity contribution < 1.29 is 19.3 Å². The van der Waals surface area contributed by atoms with Gasteiger partial charge in [0.25, 0.3) is 5.69 Å². The van der Waals surface area contributed by atoms with E-state index in [2.05, 4.69) is 54.3 Å². The van der Waals surface area contributed by atoms with E-state index < -0.39 is 4.92 Å². The van der Waals surface area contributed by atoms with Crippen LogP contribution in [0.1, 0.15) is 111 Å². The van der Waals surface area contributed by atoms with Crippen LogP contribution in [0.5, 0.6) is 0 Å². The van der Waals surface area contributed by atoms with Gasteiger partial charge in [0.1, 0.15) is 23.1 Å². The lowest BCUT2D eigenvalue weighted by atomic mass is 9.81. The quantitative estimate of drug-likeness (QED) is 0.187. The summed E-state index contributed by atoms with van der Waals surface area (Å²) < 4.78 is 0. The van der Waals surface area contributed by atoms with Gasteiger partial charge in [-0.15, -0.1) is 12.4 Å². The number of halogens is 1. The fourth-order valence-electron chi connectivity index (χ4n) is 5.37. The van der Waals surface area contributed by atoms with Gasteiger partial charge in [0.15, 0.2) is 0 Å². The Morgan fingerprint density at radius 2 is 1.44 bits per heavy atom. The first-order chi connectivity index (χ1) is 20.1.